The molecule has 138 valence electrons. The van der Waals surface area contributed by atoms with Gasteiger partial charge < -0.3 is 10.6 Å². The molecular formula is C17H16ClF3N4O. The van der Waals surface area contributed by atoms with Crippen molar-refractivity contribution < 1.29 is 18.0 Å². The molecule has 1 aliphatic carbocycles. The largest absolute Gasteiger partial charge is 0.418 e. The summed E-state index contributed by atoms with van der Waals surface area (Å²) in [5, 5.41) is 5.39. The van der Waals surface area contributed by atoms with Crippen LogP contribution in [0.15, 0.2) is 30.6 Å². The number of hydrogen-bond acceptors (Lipinski definition) is 4. The first kappa shape index (κ1) is 18.4. The highest BCUT2D eigenvalue weighted by atomic mass is 35.5. The van der Waals surface area contributed by atoms with Gasteiger partial charge in [-0.2, -0.15) is 13.2 Å². The van der Waals surface area contributed by atoms with Gasteiger partial charge in [0, 0.05) is 17.1 Å². The van der Waals surface area contributed by atoms with Gasteiger partial charge in [-0.25, -0.2) is 9.97 Å². The van der Waals surface area contributed by atoms with Crippen LogP contribution < -0.4 is 10.6 Å². The fourth-order valence-electron chi connectivity index (χ4n) is 2.89. The molecule has 0 saturated heterocycles. The number of halogens is 4. The topological polar surface area (TPSA) is 66.9 Å². The minimum absolute atomic E-state index is 0.0245. The van der Waals surface area contributed by atoms with Gasteiger partial charge in [0.25, 0.3) is 5.91 Å². The maximum Gasteiger partial charge on any atom is 0.418 e. The first-order valence-electron chi connectivity index (χ1n) is 8.09. The number of carbonyl (C=O) groups excluding carboxylic acids is 1. The molecule has 1 fully saturated rings. The van der Waals surface area contributed by atoms with Crippen LogP contribution in [0.1, 0.15) is 41.7 Å². The second kappa shape index (κ2) is 7.49. The molecule has 1 heterocycles. The Hall–Kier alpha value is -2.35. The molecule has 2 aromatic rings. The number of aromatic nitrogens is 2. The first-order chi connectivity index (χ1) is 12.3. The zero-order chi connectivity index (χ0) is 18.7. The summed E-state index contributed by atoms with van der Waals surface area (Å²) in [5.41, 5.74) is -1.42. The number of amides is 1. The molecule has 0 spiro atoms. The van der Waals surface area contributed by atoms with Gasteiger partial charge in [-0.1, -0.05) is 24.4 Å². The van der Waals surface area contributed by atoms with E-state index in [1.807, 2.05) is 0 Å². The molecular weight excluding hydrogens is 369 g/mol. The van der Waals surface area contributed by atoms with Crippen molar-refractivity contribution in [3.05, 3.63) is 46.9 Å². The van der Waals surface area contributed by atoms with Crippen molar-refractivity contribution in [3.63, 3.8) is 0 Å². The number of benzene rings is 1. The fraction of sp³-hybridized carbons (Fsp3) is 0.353. The van der Waals surface area contributed by atoms with Crippen molar-refractivity contribution in [3.8, 4) is 0 Å². The van der Waals surface area contributed by atoms with Crippen LogP contribution in [0.25, 0.3) is 0 Å². The molecule has 0 unspecified atom stereocenters. The third kappa shape index (κ3) is 4.43. The predicted molar refractivity (Wildman–Crippen MR) is 92.3 cm³/mol. The SMILES string of the molecule is O=C(Nc1ccc(Cl)cc1C(F)(F)F)c1cc(NC2CCCC2)ncn1. The Morgan fingerprint density at radius 1 is 1.15 bits per heavy atom. The molecule has 1 aliphatic rings. The summed E-state index contributed by atoms with van der Waals surface area (Å²) >= 11 is 5.64. The van der Waals surface area contributed by atoms with Crippen LogP contribution in [0.2, 0.25) is 5.02 Å². The second-order valence-electron chi connectivity index (χ2n) is 6.06. The lowest BCUT2D eigenvalue weighted by molar-refractivity contribution is -0.136. The van der Waals surface area contributed by atoms with Gasteiger partial charge in [-0.15, -0.1) is 0 Å². The van der Waals surface area contributed by atoms with Crippen molar-refractivity contribution >= 4 is 29.0 Å². The van der Waals surface area contributed by atoms with Crippen LogP contribution in [0.3, 0.4) is 0 Å². The molecule has 2 N–H and O–H groups in total. The molecule has 0 radical (unpaired) electrons. The van der Waals surface area contributed by atoms with Gasteiger partial charge in [0.2, 0.25) is 0 Å². The van der Waals surface area contributed by atoms with E-state index in [1.54, 1.807) is 0 Å². The van der Waals surface area contributed by atoms with Crippen molar-refractivity contribution in [2.45, 2.75) is 37.9 Å². The molecule has 1 amide bonds. The van der Waals surface area contributed by atoms with E-state index in [0.717, 1.165) is 37.8 Å². The minimum Gasteiger partial charge on any atom is -0.367 e. The minimum atomic E-state index is -4.64. The molecule has 0 atom stereocenters. The summed E-state index contributed by atoms with van der Waals surface area (Å²) in [5.74, 6) is -0.279. The number of carbonyl (C=O) groups is 1. The maximum atomic E-state index is 13.1. The monoisotopic (exact) mass is 384 g/mol. The van der Waals surface area contributed by atoms with Crippen LogP contribution in [0.5, 0.6) is 0 Å². The highest BCUT2D eigenvalue weighted by Gasteiger charge is 2.34. The molecule has 26 heavy (non-hydrogen) atoms. The Bertz CT molecular complexity index is 807. The van der Waals surface area contributed by atoms with Gasteiger partial charge in [-0.3, -0.25) is 4.79 Å². The summed E-state index contributed by atoms with van der Waals surface area (Å²) < 4.78 is 39.4. The van der Waals surface area contributed by atoms with Gasteiger partial charge in [0.15, 0.2) is 0 Å². The van der Waals surface area contributed by atoms with Crippen LogP contribution in [-0.4, -0.2) is 21.9 Å². The predicted octanol–water partition coefficient (Wildman–Crippen LogP) is 4.76. The van der Waals surface area contributed by atoms with E-state index in [9.17, 15) is 18.0 Å². The third-order valence-corrected chi connectivity index (χ3v) is 4.38. The molecule has 9 heteroatoms. The van der Waals surface area contributed by atoms with E-state index >= 15 is 0 Å². The van der Waals surface area contributed by atoms with E-state index in [1.165, 1.54) is 18.5 Å². The highest BCUT2D eigenvalue weighted by molar-refractivity contribution is 6.30. The number of alkyl halides is 3. The number of nitrogens with zero attached hydrogens (tertiary/aromatic N) is 2. The molecule has 5 nitrogen and oxygen atoms in total. The van der Waals surface area contributed by atoms with E-state index in [-0.39, 0.29) is 22.4 Å². The Morgan fingerprint density at radius 3 is 2.58 bits per heavy atom. The van der Waals surface area contributed by atoms with Gasteiger partial charge >= 0.3 is 6.18 Å². The smallest absolute Gasteiger partial charge is 0.367 e. The van der Waals surface area contributed by atoms with Gasteiger partial charge in [-0.05, 0) is 31.0 Å². The average Bonchev–Trinajstić information content (AvgIpc) is 3.08. The van der Waals surface area contributed by atoms with Crippen LogP contribution >= 0.6 is 11.6 Å². The second-order valence-corrected chi connectivity index (χ2v) is 6.49. The third-order valence-electron chi connectivity index (χ3n) is 4.14. The van der Waals surface area contributed by atoms with Crippen LogP contribution in [-0.2, 0) is 6.18 Å². The maximum absolute atomic E-state index is 13.1. The van der Waals surface area contributed by atoms with Gasteiger partial charge in [0.1, 0.15) is 17.8 Å². The molecule has 1 aromatic carbocycles. The Labute approximate surface area is 153 Å². The number of rotatable bonds is 4. The quantitative estimate of drug-likeness (QED) is 0.797. The van der Waals surface area contributed by atoms with Crippen molar-refractivity contribution in [2.24, 2.45) is 0 Å². The first-order valence-corrected chi connectivity index (χ1v) is 8.47. The summed E-state index contributed by atoms with van der Waals surface area (Å²) in [7, 11) is 0. The Kier molecular flexibility index (Phi) is 5.31. The highest BCUT2D eigenvalue weighted by Crippen LogP contribution is 2.36. The standard InChI is InChI=1S/C17H16ClF3N4O/c18-10-5-6-13(12(7-10)17(19,20)21)25-16(26)14-8-15(23-9-22-14)24-11-3-1-2-4-11/h5-9,11H,1-4H2,(H,25,26)(H,22,23,24). The lowest BCUT2D eigenvalue weighted by atomic mass is 10.1. The fourth-order valence-corrected chi connectivity index (χ4v) is 3.06. The molecule has 0 bridgehead atoms. The molecule has 3 rings (SSSR count). The van der Waals surface area contributed by atoms with Crippen LogP contribution in [0, 0.1) is 0 Å². The van der Waals surface area contributed by atoms with E-state index < -0.39 is 17.6 Å². The summed E-state index contributed by atoms with van der Waals surface area (Å²) in [4.78, 5) is 20.2. The summed E-state index contributed by atoms with van der Waals surface area (Å²) in [6, 6.07) is 4.87. The Morgan fingerprint density at radius 2 is 1.88 bits per heavy atom. The lowest BCUT2D eigenvalue weighted by Crippen LogP contribution is -2.19. The van der Waals surface area contributed by atoms with Crippen molar-refractivity contribution in [1.82, 2.24) is 9.97 Å². The van der Waals surface area contributed by atoms with E-state index in [2.05, 4.69) is 20.6 Å². The van der Waals surface area contributed by atoms with Crippen molar-refractivity contribution in [2.75, 3.05) is 10.6 Å². The number of anilines is 2. The number of nitrogens with one attached hydrogen (secondary N) is 2. The summed E-state index contributed by atoms with van der Waals surface area (Å²) in [6.45, 7) is 0. The zero-order valence-corrected chi connectivity index (χ0v) is 14.4. The molecule has 1 aromatic heterocycles. The normalized spacial score (nSPS) is 15.1. The Balaban J connectivity index is 1.78. The van der Waals surface area contributed by atoms with E-state index in [4.69, 9.17) is 11.6 Å². The van der Waals surface area contributed by atoms with Crippen molar-refractivity contribution in [1.29, 1.82) is 0 Å². The molecule has 0 aliphatic heterocycles. The molecule has 1 saturated carbocycles. The number of hydrogen-bond donors (Lipinski definition) is 2. The summed E-state index contributed by atoms with van der Waals surface area (Å²) in [6.07, 6.45) is 0.864. The van der Waals surface area contributed by atoms with Crippen LogP contribution in [0.4, 0.5) is 24.7 Å². The van der Waals surface area contributed by atoms with E-state index in [0.29, 0.717) is 5.82 Å². The average molecular weight is 385 g/mol. The zero-order valence-electron chi connectivity index (χ0n) is 13.6. The lowest BCUT2D eigenvalue weighted by Gasteiger charge is -2.15. The van der Waals surface area contributed by atoms with Gasteiger partial charge in [0.05, 0.1) is 11.3 Å².